The molecule has 0 spiro atoms. The summed E-state index contributed by atoms with van der Waals surface area (Å²) >= 11 is 0. The molecule has 5 heteroatoms. The first-order valence-corrected chi connectivity index (χ1v) is 8.16. The van der Waals surface area contributed by atoms with Crippen LogP contribution in [0.1, 0.15) is 55.0 Å². The van der Waals surface area contributed by atoms with Gasteiger partial charge in [-0.25, -0.2) is 0 Å². The van der Waals surface area contributed by atoms with E-state index in [0.29, 0.717) is 25.3 Å². The Balaban J connectivity index is 1.82. The van der Waals surface area contributed by atoms with Crippen molar-refractivity contribution in [2.45, 2.75) is 46.0 Å². The Bertz CT molecular complexity index is 584. The van der Waals surface area contributed by atoms with Crippen LogP contribution in [0.3, 0.4) is 0 Å². The van der Waals surface area contributed by atoms with Crippen molar-refractivity contribution in [2.75, 3.05) is 13.1 Å². The van der Waals surface area contributed by atoms with E-state index < -0.39 is 11.4 Å². The summed E-state index contributed by atoms with van der Waals surface area (Å²) in [5.74, 6) is 0.380. The second-order valence-electron chi connectivity index (χ2n) is 6.50. The minimum Gasteiger partial charge on any atom is -0.481 e. The summed E-state index contributed by atoms with van der Waals surface area (Å²) in [6, 6.07) is 1.82. The van der Waals surface area contributed by atoms with E-state index >= 15 is 0 Å². The molecular formula is C17H23NO4. The van der Waals surface area contributed by atoms with Crippen molar-refractivity contribution in [3.05, 3.63) is 23.2 Å². The molecule has 1 aliphatic carbocycles. The second-order valence-corrected chi connectivity index (χ2v) is 6.50. The number of hydrogen-bond acceptors (Lipinski definition) is 3. The predicted octanol–water partition coefficient (Wildman–Crippen LogP) is 2.73. The molecular weight excluding hydrogens is 282 g/mol. The van der Waals surface area contributed by atoms with E-state index in [-0.39, 0.29) is 11.8 Å². The number of carbonyl (C=O) groups excluding carboxylic acids is 1. The molecule has 2 aliphatic rings. The van der Waals surface area contributed by atoms with Gasteiger partial charge < -0.3 is 14.4 Å². The molecule has 1 aliphatic heterocycles. The highest BCUT2D eigenvalue weighted by atomic mass is 16.4. The molecule has 0 unspecified atom stereocenters. The monoisotopic (exact) mass is 305 g/mol. The highest BCUT2D eigenvalue weighted by Gasteiger charge is 2.56. The van der Waals surface area contributed by atoms with Crippen LogP contribution in [0, 0.1) is 11.3 Å². The van der Waals surface area contributed by atoms with Crippen LogP contribution in [-0.2, 0) is 17.6 Å². The van der Waals surface area contributed by atoms with E-state index in [1.165, 1.54) is 0 Å². The van der Waals surface area contributed by atoms with Crippen molar-refractivity contribution in [1.82, 2.24) is 4.90 Å². The lowest BCUT2D eigenvalue weighted by atomic mass is 9.81. The van der Waals surface area contributed by atoms with Gasteiger partial charge in [-0.2, -0.15) is 0 Å². The molecule has 0 aromatic carbocycles. The number of fused-ring (bicyclic) bond motifs is 1. The smallest absolute Gasteiger partial charge is 0.311 e. The van der Waals surface area contributed by atoms with Crippen molar-refractivity contribution in [2.24, 2.45) is 11.3 Å². The van der Waals surface area contributed by atoms with Crippen LogP contribution in [0.5, 0.6) is 0 Å². The third-order valence-electron chi connectivity index (χ3n) is 5.39. The van der Waals surface area contributed by atoms with E-state index in [1.54, 1.807) is 4.90 Å². The molecule has 2 fully saturated rings. The summed E-state index contributed by atoms with van der Waals surface area (Å²) in [5, 5.41) is 9.61. The molecule has 1 aromatic heterocycles. The summed E-state index contributed by atoms with van der Waals surface area (Å²) in [7, 11) is 0. The van der Waals surface area contributed by atoms with E-state index in [2.05, 4.69) is 0 Å². The fourth-order valence-corrected chi connectivity index (χ4v) is 4.12. The predicted molar refractivity (Wildman–Crippen MR) is 80.8 cm³/mol. The third-order valence-corrected chi connectivity index (χ3v) is 5.39. The van der Waals surface area contributed by atoms with Crippen molar-refractivity contribution in [3.63, 3.8) is 0 Å². The molecule has 0 bridgehead atoms. The SMILES string of the molecule is CCc1cc(C(=O)N2C[C@@H]3CCC[C@@]3(C(=O)O)C2)oc1CC. The topological polar surface area (TPSA) is 70.8 Å². The number of furan rings is 1. The number of likely N-dealkylation sites (tertiary alicyclic amines) is 1. The number of nitrogens with zero attached hydrogens (tertiary/aromatic N) is 1. The number of aryl methyl sites for hydroxylation is 2. The lowest BCUT2D eigenvalue weighted by Crippen LogP contribution is -2.37. The lowest BCUT2D eigenvalue weighted by molar-refractivity contribution is -0.149. The van der Waals surface area contributed by atoms with Crippen LogP contribution < -0.4 is 0 Å². The van der Waals surface area contributed by atoms with Crippen LogP contribution in [0.25, 0.3) is 0 Å². The average Bonchev–Trinajstić information content (AvgIpc) is 3.17. The van der Waals surface area contributed by atoms with Crippen molar-refractivity contribution in [1.29, 1.82) is 0 Å². The number of carbonyl (C=O) groups is 2. The molecule has 120 valence electrons. The zero-order chi connectivity index (χ0) is 15.9. The third kappa shape index (κ3) is 2.14. The summed E-state index contributed by atoms with van der Waals surface area (Å²) < 4.78 is 5.71. The van der Waals surface area contributed by atoms with Gasteiger partial charge in [0, 0.05) is 19.5 Å². The number of carboxylic acids is 1. The number of rotatable bonds is 4. The molecule has 2 atom stereocenters. The van der Waals surface area contributed by atoms with Gasteiger partial charge in [0.1, 0.15) is 5.76 Å². The number of hydrogen-bond donors (Lipinski definition) is 1. The zero-order valence-corrected chi connectivity index (χ0v) is 13.2. The van der Waals surface area contributed by atoms with Gasteiger partial charge in [-0.1, -0.05) is 20.3 Å². The van der Waals surface area contributed by atoms with Crippen molar-refractivity contribution >= 4 is 11.9 Å². The molecule has 1 N–H and O–H groups in total. The Morgan fingerprint density at radius 3 is 2.73 bits per heavy atom. The minimum atomic E-state index is -0.756. The van der Waals surface area contributed by atoms with Crippen molar-refractivity contribution < 1.29 is 19.1 Å². The van der Waals surface area contributed by atoms with Crippen LogP contribution in [0.4, 0.5) is 0 Å². The van der Waals surface area contributed by atoms with E-state index in [4.69, 9.17) is 4.42 Å². The fraction of sp³-hybridized carbons (Fsp3) is 0.647. The average molecular weight is 305 g/mol. The largest absolute Gasteiger partial charge is 0.481 e. The standard InChI is InChI=1S/C17H23NO4/c1-3-11-8-14(22-13(11)4-2)15(19)18-9-12-6-5-7-17(12,10-18)16(20)21/h8,12H,3-7,9-10H2,1-2H3,(H,20,21)/t12-,17+/m0/s1. The molecule has 3 rings (SSSR count). The highest BCUT2D eigenvalue weighted by Crippen LogP contribution is 2.49. The van der Waals surface area contributed by atoms with Crippen LogP contribution >= 0.6 is 0 Å². The maximum Gasteiger partial charge on any atom is 0.311 e. The van der Waals surface area contributed by atoms with Gasteiger partial charge in [0.2, 0.25) is 0 Å². The van der Waals surface area contributed by atoms with E-state index in [1.807, 2.05) is 19.9 Å². The highest BCUT2D eigenvalue weighted by molar-refractivity contribution is 5.93. The van der Waals surface area contributed by atoms with Gasteiger partial charge in [-0.05, 0) is 36.8 Å². The Morgan fingerprint density at radius 2 is 2.18 bits per heavy atom. The maximum atomic E-state index is 12.7. The van der Waals surface area contributed by atoms with Gasteiger partial charge in [0.25, 0.3) is 5.91 Å². The molecule has 22 heavy (non-hydrogen) atoms. The van der Waals surface area contributed by atoms with Gasteiger partial charge in [0.15, 0.2) is 5.76 Å². The minimum absolute atomic E-state index is 0.0835. The summed E-state index contributed by atoms with van der Waals surface area (Å²) in [6.07, 6.45) is 4.11. The molecule has 1 aromatic rings. The number of amides is 1. The van der Waals surface area contributed by atoms with E-state index in [0.717, 1.165) is 37.0 Å². The van der Waals surface area contributed by atoms with Crippen molar-refractivity contribution in [3.8, 4) is 0 Å². The second kappa shape index (κ2) is 5.45. The molecule has 1 saturated carbocycles. The van der Waals surface area contributed by atoms with Gasteiger partial charge in [-0.3, -0.25) is 9.59 Å². The van der Waals surface area contributed by atoms with Gasteiger partial charge in [0.05, 0.1) is 5.41 Å². The fourth-order valence-electron chi connectivity index (χ4n) is 4.12. The summed E-state index contributed by atoms with van der Waals surface area (Å²) in [6.45, 7) is 4.90. The number of aliphatic carboxylic acids is 1. The normalized spacial score (nSPS) is 27.2. The van der Waals surface area contributed by atoms with Crippen LogP contribution in [-0.4, -0.2) is 35.0 Å². The molecule has 0 radical (unpaired) electrons. The zero-order valence-electron chi connectivity index (χ0n) is 13.2. The Labute approximate surface area is 130 Å². The van der Waals surface area contributed by atoms with E-state index in [9.17, 15) is 14.7 Å². The molecule has 1 amide bonds. The first-order valence-electron chi connectivity index (χ1n) is 8.16. The maximum absolute atomic E-state index is 12.7. The number of carboxylic acid groups (broad SMARTS) is 1. The molecule has 1 saturated heterocycles. The molecule has 2 heterocycles. The Kier molecular flexibility index (Phi) is 3.75. The Hall–Kier alpha value is -1.78. The summed E-state index contributed by atoms with van der Waals surface area (Å²) in [5.41, 5.74) is 0.335. The lowest BCUT2D eigenvalue weighted by Gasteiger charge is -2.22. The first kappa shape index (κ1) is 15.1. The summed E-state index contributed by atoms with van der Waals surface area (Å²) in [4.78, 5) is 26.1. The van der Waals surface area contributed by atoms with Gasteiger partial charge >= 0.3 is 5.97 Å². The van der Waals surface area contributed by atoms with Gasteiger partial charge in [-0.15, -0.1) is 0 Å². The van der Waals surface area contributed by atoms with Crippen LogP contribution in [0.2, 0.25) is 0 Å². The quantitative estimate of drug-likeness (QED) is 0.928. The first-order chi connectivity index (χ1) is 10.5. The van der Waals surface area contributed by atoms with Crippen LogP contribution in [0.15, 0.2) is 10.5 Å². The molecule has 5 nitrogen and oxygen atoms in total. The Morgan fingerprint density at radius 1 is 1.41 bits per heavy atom.